The molecule has 3 aliphatic heterocycles. The first-order valence-electron chi connectivity index (χ1n) is 15.4. The third kappa shape index (κ3) is 7.34. The molecule has 8 heteroatoms. The van der Waals surface area contributed by atoms with Crippen molar-refractivity contribution < 1.29 is 4.79 Å². The van der Waals surface area contributed by atoms with Crippen LogP contribution in [-0.2, 0) is 4.79 Å². The molecule has 0 bridgehead atoms. The zero-order chi connectivity index (χ0) is 25.3. The van der Waals surface area contributed by atoms with Crippen molar-refractivity contribution in [2.24, 2.45) is 5.92 Å². The summed E-state index contributed by atoms with van der Waals surface area (Å²) < 4.78 is 0. The molecule has 8 nitrogen and oxygen atoms in total. The van der Waals surface area contributed by atoms with Crippen LogP contribution in [0.1, 0.15) is 89.9 Å². The second kappa shape index (κ2) is 13.7. The van der Waals surface area contributed by atoms with Crippen LogP contribution in [0.25, 0.3) is 0 Å². The monoisotopic (exact) mass is 511 g/mol. The fourth-order valence-corrected chi connectivity index (χ4v) is 7.12. The molecule has 0 aromatic carbocycles. The van der Waals surface area contributed by atoms with E-state index in [9.17, 15) is 4.79 Å². The van der Waals surface area contributed by atoms with Crippen molar-refractivity contribution in [1.29, 1.82) is 0 Å². The zero-order valence-electron chi connectivity index (χ0n) is 22.8. The highest BCUT2D eigenvalue weighted by atomic mass is 16.1. The van der Waals surface area contributed by atoms with Crippen molar-refractivity contribution in [3.8, 4) is 0 Å². The van der Waals surface area contributed by atoms with Gasteiger partial charge in [-0.05, 0) is 83.5 Å². The van der Waals surface area contributed by atoms with Crippen molar-refractivity contribution in [2.75, 3.05) is 49.5 Å². The minimum absolute atomic E-state index is 0.172. The molecule has 5 rings (SSSR count). The lowest BCUT2D eigenvalue weighted by Crippen LogP contribution is -2.56. The molecule has 1 saturated carbocycles. The summed E-state index contributed by atoms with van der Waals surface area (Å²) >= 11 is 0. The SMILES string of the molecule is O=C(NCC[C@H]1[C@H](Nc2nccc(N3CCCCCC3)n2)CCCN1C1CCCCC1)C1CCNCC1. The maximum atomic E-state index is 12.8. The van der Waals surface area contributed by atoms with E-state index in [-0.39, 0.29) is 11.8 Å². The number of likely N-dealkylation sites (tertiary alicyclic amines) is 1. The first-order valence-corrected chi connectivity index (χ1v) is 15.4. The molecule has 37 heavy (non-hydrogen) atoms. The van der Waals surface area contributed by atoms with Crippen molar-refractivity contribution in [2.45, 2.75) is 108 Å². The van der Waals surface area contributed by atoms with Crippen LogP contribution in [-0.4, -0.2) is 78.2 Å². The van der Waals surface area contributed by atoms with Crippen molar-refractivity contribution in [1.82, 2.24) is 25.5 Å². The Morgan fingerprint density at radius 1 is 0.919 bits per heavy atom. The number of piperidine rings is 2. The van der Waals surface area contributed by atoms with Gasteiger partial charge in [-0.3, -0.25) is 9.69 Å². The molecular formula is C29H49N7O. The predicted octanol–water partition coefficient (Wildman–Crippen LogP) is 3.94. The molecule has 1 aromatic rings. The number of nitrogens with zero attached hydrogens (tertiary/aromatic N) is 4. The molecule has 4 aliphatic rings. The molecule has 1 aliphatic carbocycles. The Hall–Kier alpha value is -1.93. The lowest BCUT2D eigenvalue weighted by atomic mass is 9.87. The average Bonchev–Trinajstić information content (AvgIpc) is 3.25. The number of rotatable bonds is 8. The summed E-state index contributed by atoms with van der Waals surface area (Å²) in [6, 6.07) is 3.45. The molecular weight excluding hydrogens is 462 g/mol. The Morgan fingerprint density at radius 2 is 1.68 bits per heavy atom. The van der Waals surface area contributed by atoms with E-state index in [0.717, 1.165) is 70.2 Å². The molecule has 0 radical (unpaired) electrons. The largest absolute Gasteiger partial charge is 0.356 e. The number of carbonyl (C=O) groups is 1. The number of aromatic nitrogens is 2. The number of amides is 1. The van der Waals surface area contributed by atoms with Gasteiger partial charge in [-0.25, -0.2) is 4.98 Å². The van der Waals surface area contributed by atoms with E-state index in [1.54, 1.807) is 0 Å². The molecule has 0 unspecified atom stereocenters. The Morgan fingerprint density at radius 3 is 2.46 bits per heavy atom. The highest BCUT2D eigenvalue weighted by molar-refractivity contribution is 5.78. The molecule has 4 fully saturated rings. The van der Waals surface area contributed by atoms with Crippen LogP contribution in [0.2, 0.25) is 0 Å². The van der Waals surface area contributed by atoms with Gasteiger partial charge in [0.2, 0.25) is 11.9 Å². The summed E-state index contributed by atoms with van der Waals surface area (Å²) in [6.07, 6.45) is 19.0. The summed E-state index contributed by atoms with van der Waals surface area (Å²) in [4.78, 5) is 27.7. The number of carbonyl (C=O) groups excluding carboxylic acids is 1. The van der Waals surface area contributed by atoms with E-state index in [0.29, 0.717) is 18.1 Å². The third-order valence-electron chi connectivity index (χ3n) is 9.20. The maximum absolute atomic E-state index is 12.8. The van der Waals surface area contributed by atoms with Crippen molar-refractivity contribution >= 4 is 17.7 Å². The van der Waals surface area contributed by atoms with E-state index >= 15 is 0 Å². The van der Waals surface area contributed by atoms with E-state index in [2.05, 4.69) is 36.8 Å². The normalized spacial score (nSPS) is 27.0. The van der Waals surface area contributed by atoms with Crippen molar-refractivity contribution in [3.05, 3.63) is 12.3 Å². The number of hydrogen-bond acceptors (Lipinski definition) is 7. The number of nitrogens with one attached hydrogen (secondary N) is 3. The molecule has 1 aromatic heterocycles. The molecule has 1 amide bonds. The highest BCUT2D eigenvalue weighted by Crippen LogP contribution is 2.31. The van der Waals surface area contributed by atoms with Gasteiger partial charge in [0.25, 0.3) is 0 Å². The first-order chi connectivity index (χ1) is 18.3. The molecule has 3 N–H and O–H groups in total. The highest BCUT2D eigenvalue weighted by Gasteiger charge is 2.36. The summed E-state index contributed by atoms with van der Waals surface area (Å²) in [5.74, 6) is 2.25. The second-order valence-corrected chi connectivity index (χ2v) is 11.7. The van der Waals surface area contributed by atoms with Crippen LogP contribution in [0.4, 0.5) is 11.8 Å². The van der Waals surface area contributed by atoms with Gasteiger partial charge in [0, 0.05) is 49.9 Å². The molecule has 0 spiro atoms. The van der Waals surface area contributed by atoms with Gasteiger partial charge in [-0.2, -0.15) is 4.98 Å². The minimum atomic E-state index is 0.172. The van der Waals surface area contributed by atoms with Gasteiger partial charge in [0.15, 0.2) is 0 Å². The van der Waals surface area contributed by atoms with Crippen LogP contribution in [0, 0.1) is 5.92 Å². The predicted molar refractivity (Wildman–Crippen MR) is 150 cm³/mol. The van der Waals surface area contributed by atoms with Gasteiger partial charge in [0.05, 0.1) is 0 Å². The van der Waals surface area contributed by atoms with Gasteiger partial charge in [-0.15, -0.1) is 0 Å². The van der Waals surface area contributed by atoms with Gasteiger partial charge < -0.3 is 20.9 Å². The van der Waals surface area contributed by atoms with Crippen LogP contribution in [0.3, 0.4) is 0 Å². The van der Waals surface area contributed by atoms with E-state index in [4.69, 9.17) is 4.98 Å². The van der Waals surface area contributed by atoms with Gasteiger partial charge in [-0.1, -0.05) is 32.1 Å². The van der Waals surface area contributed by atoms with E-state index < -0.39 is 0 Å². The van der Waals surface area contributed by atoms with Crippen LogP contribution >= 0.6 is 0 Å². The number of hydrogen-bond donors (Lipinski definition) is 3. The van der Waals surface area contributed by atoms with Crippen LogP contribution < -0.4 is 20.9 Å². The second-order valence-electron chi connectivity index (χ2n) is 11.7. The Balaban J connectivity index is 1.25. The topological polar surface area (TPSA) is 85.4 Å². The summed E-state index contributed by atoms with van der Waals surface area (Å²) in [6.45, 7) is 6.02. The van der Waals surface area contributed by atoms with Gasteiger partial charge in [0.1, 0.15) is 5.82 Å². The Labute approximate surface area is 223 Å². The third-order valence-corrected chi connectivity index (χ3v) is 9.20. The summed E-state index contributed by atoms with van der Waals surface area (Å²) in [5, 5.41) is 10.5. The lowest BCUT2D eigenvalue weighted by molar-refractivity contribution is -0.125. The van der Waals surface area contributed by atoms with Crippen molar-refractivity contribution in [3.63, 3.8) is 0 Å². The Kier molecular flexibility index (Phi) is 9.91. The zero-order valence-corrected chi connectivity index (χ0v) is 22.8. The fraction of sp³-hybridized carbons (Fsp3) is 0.828. The smallest absolute Gasteiger partial charge is 0.224 e. The number of anilines is 2. The Bertz CT molecular complexity index is 831. The molecule has 4 heterocycles. The maximum Gasteiger partial charge on any atom is 0.224 e. The lowest BCUT2D eigenvalue weighted by Gasteiger charge is -2.47. The molecule has 206 valence electrons. The first kappa shape index (κ1) is 26.7. The summed E-state index contributed by atoms with van der Waals surface area (Å²) in [5.41, 5.74) is 0. The van der Waals surface area contributed by atoms with Crippen LogP contribution in [0.5, 0.6) is 0 Å². The van der Waals surface area contributed by atoms with E-state index in [1.807, 2.05) is 6.20 Å². The average molecular weight is 512 g/mol. The quantitative estimate of drug-likeness (QED) is 0.487. The van der Waals surface area contributed by atoms with E-state index in [1.165, 1.54) is 70.8 Å². The fourth-order valence-electron chi connectivity index (χ4n) is 7.12. The van der Waals surface area contributed by atoms with Crippen LogP contribution in [0.15, 0.2) is 12.3 Å². The summed E-state index contributed by atoms with van der Waals surface area (Å²) in [7, 11) is 0. The molecule has 3 saturated heterocycles. The minimum Gasteiger partial charge on any atom is -0.356 e. The van der Waals surface area contributed by atoms with Gasteiger partial charge >= 0.3 is 0 Å². The molecule has 2 atom stereocenters. The standard InChI is InChI=1S/C29H49N7O/c37-28(23-12-16-30-17-13-23)31-18-14-26-25(11-8-22-36(26)24-9-4-3-5-10-24)33-29-32-19-15-27(34-29)35-20-6-1-2-7-21-35/h15,19,23-26,30H,1-14,16-18,20-22H2,(H,31,37)(H,32,33,34)/t25-,26+/m1/s1.